The van der Waals surface area contributed by atoms with Crippen LogP contribution in [0.25, 0.3) is 0 Å². The second-order valence-corrected chi connectivity index (χ2v) is 6.70. The van der Waals surface area contributed by atoms with E-state index in [1.807, 2.05) is 16.9 Å². The molecule has 6 heteroatoms. The van der Waals surface area contributed by atoms with Crippen LogP contribution in [0.5, 0.6) is 0 Å². The summed E-state index contributed by atoms with van der Waals surface area (Å²) in [7, 11) is 0. The van der Waals surface area contributed by atoms with Crippen molar-refractivity contribution in [3.63, 3.8) is 0 Å². The Morgan fingerprint density at radius 3 is 3.00 bits per heavy atom. The first-order chi connectivity index (χ1) is 11.1. The van der Waals surface area contributed by atoms with Gasteiger partial charge in [0.15, 0.2) is 0 Å². The Morgan fingerprint density at radius 1 is 1.35 bits per heavy atom. The minimum absolute atomic E-state index is 0.0459. The molecule has 1 fully saturated rings. The zero-order valence-corrected chi connectivity index (χ0v) is 13.0. The van der Waals surface area contributed by atoms with Crippen LogP contribution in [0.3, 0.4) is 0 Å². The molecule has 1 aromatic carbocycles. The molecule has 5 nitrogen and oxygen atoms in total. The molecule has 1 aromatic heterocycles. The third-order valence-electron chi connectivity index (χ3n) is 5.10. The van der Waals surface area contributed by atoms with E-state index in [0.717, 1.165) is 55.6 Å². The first-order valence-electron chi connectivity index (χ1n) is 8.26. The van der Waals surface area contributed by atoms with Crippen LogP contribution in [-0.4, -0.2) is 38.8 Å². The molecule has 23 heavy (non-hydrogen) atoms. The standard InChI is InChI=1S/C17H21FN4O/c18-15-3-1-2-14-13(15)4-5-16(14)22-11-12(20-21-22)10-17(23)6-8-19-9-7-17/h1-3,11,16,19,23H,4-10H2/t16-/m0/s1. The normalized spacial score (nSPS) is 23.0. The number of rotatable bonds is 3. The fourth-order valence-corrected chi connectivity index (χ4v) is 3.82. The molecule has 1 saturated heterocycles. The van der Waals surface area contributed by atoms with Gasteiger partial charge in [-0.05, 0) is 56.0 Å². The highest BCUT2D eigenvalue weighted by Gasteiger charge is 2.31. The summed E-state index contributed by atoms with van der Waals surface area (Å²) in [4.78, 5) is 0. The second-order valence-electron chi connectivity index (χ2n) is 6.70. The summed E-state index contributed by atoms with van der Waals surface area (Å²) >= 11 is 0. The minimum atomic E-state index is -0.689. The second kappa shape index (κ2) is 5.69. The Kier molecular flexibility index (Phi) is 3.66. The number of halogens is 1. The lowest BCUT2D eigenvalue weighted by atomic mass is 9.88. The molecule has 1 aliphatic heterocycles. The molecule has 2 aliphatic rings. The van der Waals surface area contributed by atoms with Gasteiger partial charge in [0.25, 0.3) is 0 Å². The minimum Gasteiger partial charge on any atom is -0.389 e. The Bertz CT molecular complexity index is 708. The molecule has 2 heterocycles. The van der Waals surface area contributed by atoms with Crippen LogP contribution in [0.15, 0.2) is 24.4 Å². The third kappa shape index (κ3) is 2.77. The quantitative estimate of drug-likeness (QED) is 0.903. The number of nitrogens with one attached hydrogen (secondary N) is 1. The van der Waals surface area contributed by atoms with Gasteiger partial charge in [-0.3, -0.25) is 0 Å². The monoisotopic (exact) mass is 316 g/mol. The lowest BCUT2D eigenvalue weighted by Crippen LogP contribution is -2.43. The molecule has 0 amide bonds. The van der Waals surface area contributed by atoms with E-state index in [0.29, 0.717) is 6.42 Å². The summed E-state index contributed by atoms with van der Waals surface area (Å²) < 4.78 is 15.7. The molecule has 0 saturated carbocycles. The molecular formula is C17H21FN4O. The van der Waals surface area contributed by atoms with Gasteiger partial charge < -0.3 is 10.4 Å². The van der Waals surface area contributed by atoms with Gasteiger partial charge >= 0.3 is 0 Å². The predicted molar refractivity (Wildman–Crippen MR) is 83.6 cm³/mol. The topological polar surface area (TPSA) is 63.0 Å². The Morgan fingerprint density at radius 2 is 2.17 bits per heavy atom. The van der Waals surface area contributed by atoms with Crippen LogP contribution < -0.4 is 5.32 Å². The van der Waals surface area contributed by atoms with Crippen molar-refractivity contribution < 1.29 is 9.50 Å². The molecule has 1 aliphatic carbocycles. The van der Waals surface area contributed by atoms with Crippen LogP contribution in [0.1, 0.15) is 42.1 Å². The molecule has 4 rings (SSSR count). The van der Waals surface area contributed by atoms with E-state index >= 15 is 0 Å². The Balaban J connectivity index is 1.54. The van der Waals surface area contributed by atoms with Crippen molar-refractivity contribution in [3.8, 4) is 0 Å². The molecule has 0 radical (unpaired) electrons. The van der Waals surface area contributed by atoms with E-state index in [9.17, 15) is 9.50 Å². The van der Waals surface area contributed by atoms with Crippen LogP contribution in [-0.2, 0) is 12.8 Å². The van der Waals surface area contributed by atoms with Crippen LogP contribution in [0, 0.1) is 5.82 Å². The number of piperidine rings is 1. The van der Waals surface area contributed by atoms with Crippen molar-refractivity contribution in [1.29, 1.82) is 0 Å². The van der Waals surface area contributed by atoms with Gasteiger partial charge in [0, 0.05) is 12.6 Å². The lowest BCUT2D eigenvalue weighted by Gasteiger charge is -2.31. The van der Waals surface area contributed by atoms with Crippen LogP contribution in [0.4, 0.5) is 4.39 Å². The van der Waals surface area contributed by atoms with E-state index in [4.69, 9.17) is 0 Å². The molecule has 122 valence electrons. The largest absolute Gasteiger partial charge is 0.389 e. The van der Waals surface area contributed by atoms with Crippen molar-refractivity contribution in [2.45, 2.75) is 43.7 Å². The van der Waals surface area contributed by atoms with Crippen molar-refractivity contribution in [1.82, 2.24) is 20.3 Å². The number of aromatic nitrogens is 3. The van der Waals surface area contributed by atoms with E-state index < -0.39 is 5.60 Å². The molecular weight excluding hydrogens is 295 g/mol. The van der Waals surface area contributed by atoms with Gasteiger partial charge in [0.05, 0.1) is 17.3 Å². The highest BCUT2D eigenvalue weighted by Crippen LogP contribution is 2.35. The van der Waals surface area contributed by atoms with E-state index in [-0.39, 0.29) is 11.9 Å². The number of aliphatic hydroxyl groups is 1. The van der Waals surface area contributed by atoms with Crippen molar-refractivity contribution in [2.75, 3.05) is 13.1 Å². The maximum absolute atomic E-state index is 13.9. The van der Waals surface area contributed by atoms with E-state index in [1.165, 1.54) is 6.07 Å². The molecule has 1 atom stereocenters. The number of hydrogen-bond donors (Lipinski definition) is 2. The lowest BCUT2D eigenvalue weighted by molar-refractivity contribution is 0.00999. The maximum Gasteiger partial charge on any atom is 0.126 e. The predicted octanol–water partition coefficient (Wildman–Crippen LogP) is 1.61. The van der Waals surface area contributed by atoms with Gasteiger partial charge in [-0.1, -0.05) is 17.3 Å². The van der Waals surface area contributed by atoms with Crippen molar-refractivity contribution >= 4 is 0 Å². The SMILES string of the molecule is OC1(Cc2cn([C@H]3CCc4c(F)cccc43)nn2)CCNCC1. The summed E-state index contributed by atoms with van der Waals surface area (Å²) in [6.45, 7) is 1.67. The fraction of sp³-hybridized carbons (Fsp3) is 0.529. The van der Waals surface area contributed by atoms with Gasteiger partial charge in [-0.25, -0.2) is 9.07 Å². The van der Waals surface area contributed by atoms with Gasteiger partial charge in [-0.15, -0.1) is 5.10 Å². The summed E-state index contributed by atoms with van der Waals surface area (Å²) in [6, 6.07) is 5.28. The molecule has 2 N–H and O–H groups in total. The number of fused-ring (bicyclic) bond motifs is 1. The summed E-state index contributed by atoms with van der Waals surface area (Å²) in [5.74, 6) is -0.130. The average Bonchev–Trinajstić information content (AvgIpc) is 3.15. The zero-order chi connectivity index (χ0) is 15.9. The van der Waals surface area contributed by atoms with Crippen LogP contribution >= 0.6 is 0 Å². The summed E-state index contributed by atoms with van der Waals surface area (Å²) in [5, 5.41) is 22.4. The van der Waals surface area contributed by atoms with Crippen molar-refractivity contribution in [3.05, 3.63) is 47.0 Å². The highest BCUT2D eigenvalue weighted by molar-refractivity contribution is 5.36. The van der Waals surface area contributed by atoms with Gasteiger partial charge in [0.2, 0.25) is 0 Å². The number of benzene rings is 1. The van der Waals surface area contributed by atoms with E-state index in [1.54, 1.807) is 6.07 Å². The Hall–Kier alpha value is -1.79. The highest BCUT2D eigenvalue weighted by atomic mass is 19.1. The maximum atomic E-state index is 13.9. The fourth-order valence-electron chi connectivity index (χ4n) is 3.82. The first kappa shape index (κ1) is 14.8. The number of nitrogens with zero attached hydrogens (tertiary/aromatic N) is 3. The molecule has 2 aromatic rings. The first-order valence-corrected chi connectivity index (χ1v) is 8.26. The van der Waals surface area contributed by atoms with Crippen LogP contribution in [0.2, 0.25) is 0 Å². The van der Waals surface area contributed by atoms with Crippen molar-refractivity contribution in [2.24, 2.45) is 0 Å². The molecule has 0 unspecified atom stereocenters. The summed E-state index contributed by atoms with van der Waals surface area (Å²) in [5.41, 5.74) is 1.92. The summed E-state index contributed by atoms with van der Waals surface area (Å²) in [6.07, 6.45) is 5.47. The Labute approximate surface area is 134 Å². The zero-order valence-electron chi connectivity index (χ0n) is 13.0. The van der Waals surface area contributed by atoms with E-state index in [2.05, 4.69) is 15.6 Å². The number of hydrogen-bond acceptors (Lipinski definition) is 4. The average molecular weight is 316 g/mol. The van der Waals surface area contributed by atoms with Gasteiger partial charge in [0.1, 0.15) is 5.82 Å². The molecule has 0 bridgehead atoms. The van der Waals surface area contributed by atoms with Gasteiger partial charge in [-0.2, -0.15) is 0 Å². The third-order valence-corrected chi connectivity index (χ3v) is 5.10. The molecule has 0 spiro atoms. The smallest absolute Gasteiger partial charge is 0.126 e.